The van der Waals surface area contributed by atoms with Crippen LogP contribution in [0, 0.1) is 0 Å². The highest BCUT2D eigenvalue weighted by atomic mass is 79.9. The van der Waals surface area contributed by atoms with Crippen LogP contribution in [0.5, 0.6) is 0 Å². The number of carbonyl (C=O) groups is 1. The number of methoxy groups -OCH3 is 1. The Morgan fingerprint density at radius 2 is 2.07 bits per heavy atom. The minimum atomic E-state index is -0.281. The maximum absolute atomic E-state index is 11.3. The van der Waals surface area contributed by atoms with Crippen molar-refractivity contribution in [3.05, 3.63) is 34.3 Å². The first-order valence-corrected chi connectivity index (χ1v) is 5.55. The van der Waals surface area contributed by atoms with Crippen LogP contribution in [0.3, 0.4) is 0 Å². The molecule has 1 aromatic carbocycles. The summed E-state index contributed by atoms with van der Waals surface area (Å²) in [6, 6.07) is 7.58. The van der Waals surface area contributed by atoms with Gasteiger partial charge in [-0.1, -0.05) is 28.1 Å². The van der Waals surface area contributed by atoms with Crippen molar-refractivity contribution in [3.63, 3.8) is 0 Å². The molecule has 14 heavy (non-hydrogen) atoms. The van der Waals surface area contributed by atoms with Crippen LogP contribution in [-0.2, 0) is 9.53 Å². The fraction of sp³-hybridized carbons (Fsp3) is 0.300. The summed E-state index contributed by atoms with van der Waals surface area (Å²) in [6.45, 7) is 0. The SMILES string of the molecule is COC(=O)C(CS)c1ccc(Br)cc1. The van der Waals surface area contributed by atoms with Gasteiger partial charge in [0.05, 0.1) is 13.0 Å². The van der Waals surface area contributed by atoms with Crippen LogP contribution in [-0.4, -0.2) is 18.8 Å². The lowest BCUT2D eigenvalue weighted by Crippen LogP contribution is -2.15. The van der Waals surface area contributed by atoms with E-state index in [2.05, 4.69) is 33.3 Å². The van der Waals surface area contributed by atoms with E-state index in [9.17, 15) is 4.79 Å². The van der Waals surface area contributed by atoms with Gasteiger partial charge in [0.25, 0.3) is 0 Å². The molecule has 1 rings (SSSR count). The van der Waals surface area contributed by atoms with E-state index in [4.69, 9.17) is 0 Å². The molecule has 1 aromatic rings. The number of benzene rings is 1. The molecule has 2 nitrogen and oxygen atoms in total. The summed E-state index contributed by atoms with van der Waals surface area (Å²) >= 11 is 7.47. The van der Waals surface area contributed by atoms with E-state index in [1.807, 2.05) is 24.3 Å². The molecular weight excluding hydrogens is 264 g/mol. The fourth-order valence-electron chi connectivity index (χ4n) is 1.15. The van der Waals surface area contributed by atoms with Crippen LogP contribution in [0.25, 0.3) is 0 Å². The van der Waals surface area contributed by atoms with Crippen molar-refractivity contribution >= 4 is 34.5 Å². The minimum absolute atomic E-state index is 0.248. The van der Waals surface area contributed by atoms with Crippen LogP contribution in [0.4, 0.5) is 0 Å². The predicted molar refractivity (Wildman–Crippen MR) is 62.8 cm³/mol. The summed E-state index contributed by atoms with van der Waals surface area (Å²) in [6.07, 6.45) is 0. The molecule has 0 aliphatic rings. The van der Waals surface area contributed by atoms with E-state index in [0.29, 0.717) is 5.75 Å². The summed E-state index contributed by atoms with van der Waals surface area (Å²) < 4.78 is 5.68. The van der Waals surface area contributed by atoms with Crippen LogP contribution in [0.1, 0.15) is 11.5 Å². The maximum atomic E-state index is 11.3. The van der Waals surface area contributed by atoms with E-state index in [1.54, 1.807) is 0 Å². The highest BCUT2D eigenvalue weighted by molar-refractivity contribution is 9.10. The van der Waals surface area contributed by atoms with Gasteiger partial charge in [0.2, 0.25) is 0 Å². The molecule has 0 amide bonds. The minimum Gasteiger partial charge on any atom is -0.469 e. The van der Waals surface area contributed by atoms with Crippen LogP contribution in [0.2, 0.25) is 0 Å². The van der Waals surface area contributed by atoms with E-state index in [0.717, 1.165) is 10.0 Å². The van der Waals surface area contributed by atoms with Crippen molar-refractivity contribution in [1.82, 2.24) is 0 Å². The monoisotopic (exact) mass is 274 g/mol. The van der Waals surface area contributed by atoms with Crippen molar-refractivity contribution in [2.24, 2.45) is 0 Å². The Balaban J connectivity index is 2.89. The normalized spacial score (nSPS) is 12.2. The Morgan fingerprint density at radius 1 is 1.50 bits per heavy atom. The van der Waals surface area contributed by atoms with E-state index < -0.39 is 0 Å². The number of hydrogen-bond acceptors (Lipinski definition) is 3. The molecule has 0 heterocycles. The van der Waals surface area contributed by atoms with Gasteiger partial charge in [-0.15, -0.1) is 0 Å². The molecule has 0 radical (unpaired) electrons. The first-order valence-electron chi connectivity index (χ1n) is 4.13. The summed E-state index contributed by atoms with van der Waals surface area (Å²) in [7, 11) is 1.39. The second-order valence-corrected chi connectivity index (χ2v) is 4.09. The Bertz CT molecular complexity index is 310. The second-order valence-electron chi connectivity index (χ2n) is 2.81. The van der Waals surface area contributed by atoms with Gasteiger partial charge in [-0.25, -0.2) is 0 Å². The number of hydrogen-bond donors (Lipinski definition) is 1. The number of esters is 1. The fourth-order valence-corrected chi connectivity index (χ4v) is 1.78. The molecule has 0 saturated carbocycles. The number of halogens is 1. The number of rotatable bonds is 3. The van der Waals surface area contributed by atoms with Crippen molar-refractivity contribution in [1.29, 1.82) is 0 Å². The molecule has 0 aliphatic heterocycles. The quantitative estimate of drug-likeness (QED) is 0.678. The maximum Gasteiger partial charge on any atom is 0.313 e. The smallest absolute Gasteiger partial charge is 0.313 e. The average Bonchev–Trinajstić information content (AvgIpc) is 2.21. The predicted octanol–water partition coefficient (Wildman–Crippen LogP) is 2.64. The van der Waals surface area contributed by atoms with E-state index >= 15 is 0 Å². The lowest BCUT2D eigenvalue weighted by Gasteiger charge is -2.11. The molecule has 0 fully saturated rings. The Kier molecular flexibility index (Phi) is 4.48. The third-order valence-electron chi connectivity index (χ3n) is 1.94. The molecule has 0 aromatic heterocycles. The van der Waals surface area contributed by atoms with Gasteiger partial charge >= 0.3 is 5.97 Å². The zero-order valence-corrected chi connectivity index (χ0v) is 10.2. The molecular formula is C10H11BrO2S. The standard InChI is InChI=1S/C10H11BrO2S/c1-13-10(12)9(6-14)7-2-4-8(11)5-3-7/h2-5,9,14H,6H2,1H3. The van der Waals surface area contributed by atoms with Gasteiger partial charge in [-0.05, 0) is 17.7 Å². The number of carbonyl (C=O) groups excluding carboxylic acids is 1. The van der Waals surface area contributed by atoms with E-state index in [-0.39, 0.29) is 11.9 Å². The summed E-state index contributed by atoms with van der Waals surface area (Å²) in [5, 5.41) is 0. The molecule has 0 aliphatic carbocycles. The summed E-state index contributed by atoms with van der Waals surface area (Å²) in [5.74, 6) is -0.0762. The Hall–Kier alpha value is -0.480. The van der Waals surface area contributed by atoms with Gasteiger partial charge in [0.15, 0.2) is 0 Å². The van der Waals surface area contributed by atoms with Gasteiger partial charge in [0, 0.05) is 10.2 Å². The highest BCUT2D eigenvalue weighted by Gasteiger charge is 2.19. The molecule has 1 atom stereocenters. The third-order valence-corrected chi connectivity index (χ3v) is 2.83. The zero-order chi connectivity index (χ0) is 10.6. The first kappa shape index (κ1) is 11.6. The average molecular weight is 275 g/mol. The van der Waals surface area contributed by atoms with Crippen LogP contribution < -0.4 is 0 Å². The van der Waals surface area contributed by atoms with Crippen molar-refractivity contribution < 1.29 is 9.53 Å². The molecule has 0 spiro atoms. The van der Waals surface area contributed by atoms with Crippen molar-refractivity contribution in [2.45, 2.75) is 5.92 Å². The van der Waals surface area contributed by atoms with E-state index in [1.165, 1.54) is 7.11 Å². The second kappa shape index (κ2) is 5.41. The van der Waals surface area contributed by atoms with Gasteiger partial charge < -0.3 is 4.74 Å². The molecule has 0 bridgehead atoms. The van der Waals surface area contributed by atoms with Gasteiger partial charge in [0.1, 0.15) is 0 Å². The molecule has 0 N–H and O–H groups in total. The van der Waals surface area contributed by atoms with Crippen LogP contribution in [0.15, 0.2) is 28.7 Å². The zero-order valence-electron chi connectivity index (χ0n) is 7.74. The van der Waals surface area contributed by atoms with Crippen LogP contribution >= 0.6 is 28.6 Å². The molecule has 0 saturated heterocycles. The van der Waals surface area contributed by atoms with Gasteiger partial charge in [-0.2, -0.15) is 12.6 Å². The number of thiol groups is 1. The summed E-state index contributed by atoms with van der Waals surface area (Å²) in [4.78, 5) is 11.3. The molecule has 4 heteroatoms. The lowest BCUT2D eigenvalue weighted by atomic mass is 10.0. The first-order chi connectivity index (χ1) is 6.69. The lowest BCUT2D eigenvalue weighted by molar-refractivity contribution is -0.141. The molecule has 1 unspecified atom stereocenters. The highest BCUT2D eigenvalue weighted by Crippen LogP contribution is 2.21. The topological polar surface area (TPSA) is 26.3 Å². The number of ether oxygens (including phenoxy) is 1. The van der Waals surface area contributed by atoms with Gasteiger partial charge in [-0.3, -0.25) is 4.79 Å². The Labute approximate surface area is 97.2 Å². The largest absolute Gasteiger partial charge is 0.469 e. The van der Waals surface area contributed by atoms with Crippen molar-refractivity contribution in [2.75, 3.05) is 12.9 Å². The summed E-state index contributed by atoms with van der Waals surface area (Å²) in [5.41, 5.74) is 0.926. The molecule has 76 valence electrons. The third kappa shape index (κ3) is 2.75. The Morgan fingerprint density at radius 3 is 2.50 bits per heavy atom. The van der Waals surface area contributed by atoms with Crippen molar-refractivity contribution in [3.8, 4) is 0 Å².